The molecule has 1 saturated heterocycles. The van der Waals surface area contributed by atoms with Crippen molar-refractivity contribution in [2.75, 3.05) is 31.1 Å². The summed E-state index contributed by atoms with van der Waals surface area (Å²) in [5.41, 5.74) is 9.53. The molecule has 1 N–H and O–H groups in total. The second-order valence-corrected chi connectivity index (χ2v) is 10.6. The topological polar surface area (TPSA) is 52.9 Å². The van der Waals surface area contributed by atoms with Crippen molar-refractivity contribution >= 4 is 41.0 Å². The number of hydrogen-bond donors (Lipinski definition) is 1. The molecule has 39 heavy (non-hydrogen) atoms. The first-order valence-corrected chi connectivity index (χ1v) is 13.7. The van der Waals surface area contributed by atoms with Crippen LogP contribution in [0.5, 0.6) is 0 Å². The zero-order valence-electron chi connectivity index (χ0n) is 22.1. The van der Waals surface area contributed by atoms with Crippen molar-refractivity contribution < 1.29 is 4.79 Å². The van der Waals surface area contributed by atoms with Crippen LogP contribution in [0.2, 0.25) is 10.0 Å². The van der Waals surface area contributed by atoms with Crippen molar-refractivity contribution in [1.29, 1.82) is 0 Å². The molecule has 6 nitrogen and oxygen atoms in total. The van der Waals surface area contributed by atoms with Crippen LogP contribution in [0.3, 0.4) is 0 Å². The standard InChI is InChI=1S/C31H31Cl2N5O/c1-22-18-26(23(2)38(22)28-12-13-29(32)30(33)19-28)20-34-35-31(39)25-10-8-24(9-11-25)21-36-14-16-37(17-15-36)27-6-4-3-5-7-27/h3-13,18-20H,14-17,21H2,1-2H3,(H,35,39)/b34-20+. The highest BCUT2D eigenvalue weighted by molar-refractivity contribution is 6.42. The van der Waals surface area contributed by atoms with Gasteiger partial charge in [0.15, 0.2) is 0 Å². The molecule has 0 aliphatic carbocycles. The predicted molar refractivity (Wildman–Crippen MR) is 161 cm³/mol. The summed E-state index contributed by atoms with van der Waals surface area (Å²) in [6.45, 7) is 8.93. The second-order valence-electron chi connectivity index (χ2n) is 9.76. The Morgan fingerprint density at radius 3 is 2.28 bits per heavy atom. The zero-order chi connectivity index (χ0) is 27.4. The Balaban J connectivity index is 1.15. The number of hydrazone groups is 1. The Bertz CT molecular complexity index is 1470. The number of carbonyl (C=O) groups excluding carboxylic acids is 1. The van der Waals surface area contributed by atoms with Gasteiger partial charge in [-0.2, -0.15) is 5.10 Å². The molecule has 2 heterocycles. The largest absolute Gasteiger partial charge is 0.369 e. The predicted octanol–water partition coefficient (Wildman–Crippen LogP) is 6.49. The fourth-order valence-electron chi connectivity index (χ4n) is 4.99. The highest BCUT2D eigenvalue weighted by Gasteiger charge is 2.17. The van der Waals surface area contributed by atoms with Gasteiger partial charge in [0.05, 0.1) is 16.3 Å². The molecule has 200 valence electrons. The number of nitrogens with one attached hydrogen (secondary N) is 1. The number of aromatic nitrogens is 1. The van der Waals surface area contributed by atoms with E-state index in [4.69, 9.17) is 23.2 Å². The van der Waals surface area contributed by atoms with Gasteiger partial charge in [-0.25, -0.2) is 5.43 Å². The maximum Gasteiger partial charge on any atom is 0.271 e. The van der Waals surface area contributed by atoms with Gasteiger partial charge in [-0.3, -0.25) is 9.69 Å². The average Bonchev–Trinajstić information content (AvgIpc) is 3.24. The third-order valence-electron chi connectivity index (χ3n) is 7.12. The fraction of sp³-hybridized carbons (Fsp3) is 0.226. The van der Waals surface area contributed by atoms with E-state index in [2.05, 4.69) is 55.2 Å². The lowest BCUT2D eigenvalue weighted by molar-refractivity contribution is 0.0955. The number of amides is 1. The Labute approximate surface area is 239 Å². The van der Waals surface area contributed by atoms with Crippen molar-refractivity contribution in [3.05, 3.63) is 117 Å². The van der Waals surface area contributed by atoms with Crippen molar-refractivity contribution in [3.63, 3.8) is 0 Å². The summed E-state index contributed by atoms with van der Waals surface area (Å²) in [7, 11) is 0. The minimum Gasteiger partial charge on any atom is -0.369 e. The molecule has 3 aromatic carbocycles. The molecule has 0 spiro atoms. The maximum atomic E-state index is 12.7. The van der Waals surface area contributed by atoms with Crippen LogP contribution in [0.25, 0.3) is 5.69 Å². The Hall–Kier alpha value is -3.58. The number of nitrogens with zero attached hydrogens (tertiary/aromatic N) is 4. The van der Waals surface area contributed by atoms with Gasteiger partial charge >= 0.3 is 0 Å². The Morgan fingerprint density at radius 1 is 0.872 bits per heavy atom. The van der Waals surface area contributed by atoms with Gasteiger partial charge in [0.1, 0.15) is 0 Å². The lowest BCUT2D eigenvalue weighted by Crippen LogP contribution is -2.45. The average molecular weight is 561 g/mol. The molecule has 4 aromatic rings. The van der Waals surface area contributed by atoms with Gasteiger partial charge < -0.3 is 9.47 Å². The molecule has 0 atom stereocenters. The molecule has 1 aliphatic rings. The zero-order valence-corrected chi connectivity index (χ0v) is 23.6. The number of carbonyl (C=O) groups is 1. The molecule has 8 heteroatoms. The molecule has 0 unspecified atom stereocenters. The number of aryl methyl sites for hydroxylation is 1. The molecule has 1 aromatic heterocycles. The number of para-hydroxylation sites is 1. The lowest BCUT2D eigenvalue weighted by atomic mass is 10.1. The van der Waals surface area contributed by atoms with E-state index in [1.54, 1.807) is 12.3 Å². The molecule has 0 saturated carbocycles. The molecule has 5 rings (SSSR count). The smallest absolute Gasteiger partial charge is 0.271 e. The SMILES string of the molecule is Cc1cc(/C=N/NC(=O)c2ccc(CN3CCN(c4ccccc4)CC3)cc2)c(C)n1-c1ccc(Cl)c(Cl)c1. The summed E-state index contributed by atoms with van der Waals surface area (Å²) in [6, 6.07) is 25.9. The van der Waals surface area contributed by atoms with Gasteiger partial charge in [0.2, 0.25) is 0 Å². The number of piperazine rings is 1. The van der Waals surface area contributed by atoms with E-state index in [1.807, 2.05) is 56.3 Å². The first-order valence-electron chi connectivity index (χ1n) is 13.0. The van der Waals surface area contributed by atoms with E-state index in [9.17, 15) is 4.79 Å². The molecule has 1 aliphatic heterocycles. The third-order valence-corrected chi connectivity index (χ3v) is 7.86. The third kappa shape index (κ3) is 6.36. The molecular formula is C31H31Cl2N5O. The van der Waals surface area contributed by atoms with Gasteiger partial charge in [-0.1, -0.05) is 53.5 Å². The summed E-state index contributed by atoms with van der Waals surface area (Å²) in [6.07, 6.45) is 1.66. The lowest BCUT2D eigenvalue weighted by Gasteiger charge is -2.36. The van der Waals surface area contributed by atoms with Crippen LogP contribution in [-0.4, -0.2) is 47.8 Å². The summed E-state index contributed by atoms with van der Waals surface area (Å²) in [5, 5.41) is 5.23. The maximum absolute atomic E-state index is 12.7. The van der Waals surface area contributed by atoms with E-state index >= 15 is 0 Å². The number of anilines is 1. The van der Waals surface area contributed by atoms with Crippen LogP contribution in [0, 0.1) is 13.8 Å². The van der Waals surface area contributed by atoms with Crippen LogP contribution in [-0.2, 0) is 6.54 Å². The number of hydrogen-bond acceptors (Lipinski definition) is 4. The first kappa shape index (κ1) is 27.0. The molecule has 0 bridgehead atoms. The number of rotatable bonds is 7. The molecular weight excluding hydrogens is 529 g/mol. The van der Waals surface area contributed by atoms with E-state index in [0.29, 0.717) is 15.6 Å². The van der Waals surface area contributed by atoms with Gasteiger partial charge in [0, 0.05) is 66.6 Å². The summed E-state index contributed by atoms with van der Waals surface area (Å²) in [4.78, 5) is 17.6. The quantitative estimate of drug-likeness (QED) is 0.208. The van der Waals surface area contributed by atoms with Crippen molar-refractivity contribution in [2.45, 2.75) is 20.4 Å². The van der Waals surface area contributed by atoms with E-state index < -0.39 is 0 Å². The van der Waals surface area contributed by atoms with E-state index in [1.165, 1.54) is 11.3 Å². The van der Waals surface area contributed by atoms with Crippen molar-refractivity contribution in [2.24, 2.45) is 5.10 Å². The monoisotopic (exact) mass is 559 g/mol. The fourth-order valence-corrected chi connectivity index (χ4v) is 5.28. The Kier molecular flexibility index (Phi) is 8.36. The van der Waals surface area contributed by atoms with Crippen molar-refractivity contribution in [3.8, 4) is 5.69 Å². The highest BCUT2D eigenvalue weighted by Crippen LogP contribution is 2.27. The minimum absolute atomic E-state index is 0.243. The summed E-state index contributed by atoms with van der Waals surface area (Å²) in [5.74, 6) is -0.243. The van der Waals surface area contributed by atoms with Crippen LogP contribution in [0.1, 0.15) is 32.9 Å². The summed E-state index contributed by atoms with van der Waals surface area (Å²) >= 11 is 12.3. The van der Waals surface area contributed by atoms with Crippen LogP contribution >= 0.6 is 23.2 Å². The van der Waals surface area contributed by atoms with Gasteiger partial charge in [-0.05, 0) is 67.9 Å². The number of halogens is 2. The van der Waals surface area contributed by atoms with Crippen LogP contribution in [0.4, 0.5) is 5.69 Å². The second kappa shape index (κ2) is 12.1. The molecule has 0 radical (unpaired) electrons. The first-order chi connectivity index (χ1) is 18.9. The minimum atomic E-state index is -0.243. The summed E-state index contributed by atoms with van der Waals surface area (Å²) < 4.78 is 2.08. The van der Waals surface area contributed by atoms with Crippen LogP contribution in [0.15, 0.2) is 84.0 Å². The van der Waals surface area contributed by atoms with Gasteiger partial charge in [-0.15, -0.1) is 0 Å². The molecule has 1 amide bonds. The van der Waals surface area contributed by atoms with Crippen LogP contribution < -0.4 is 10.3 Å². The van der Waals surface area contributed by atoms with E-state index in [-0.39, 0.29) is 5.91 Å². The molecule has 1 fully saturated rings. The van der Waals surface area contributed by atoms with Gasteiger partial charge in [0.25, 0.3) is 5.91 Å². The van der Waals surface area contributed by atoms with E-state index in [0.717, 1.165) is 55.4 Å². The van der Waals surface area contributed by atoms with Crippen molar-refractivity contribution in [1.82, 2.24) is 14.9 Å². The number of benzene rings is 3. The Morgan fingerprint density at radius 2 is 1.59 bits per heavy atom. The normalized spacial score (nSPS) is 14.2. The highest BCUT2D eigenvalue weighted by atomic mass is 35.5.